The first-order chi connectivity index (χ1) is 5.29. The molecule has 2 saturated carbocycles. The molecule has 0 bridgehead atoms. The minimum Gasteiger partial charge on any atom is -0.0622 e. The van der Waals surface area contributed by atoms with E-state index < -0.39 is 0 Å². The highest BCUT2D eigenvalue weighted by atomic mass is 14.4. The number of hydrogen-bond acceptors (Lipinski definition) is 0. The van der Waals surface area contributed by atoms with Crippen molar-refractivity contribution in [2.45, 2.75) is 46.0 Å². The third kappa shape index (κ3) is 1.21. The van der Waals surface area contributed by atoms with Crippen LogP contribution in [0, 0.1) is 23.7 Å². The molecule has 0 spiro atoms. The zero-order chi connectivity index (χ0) is 7.84. The van der Waals surface area contributed by atoms with E-state index in [2.05, 4.69) is 13.8 Å². The summed E-state index contributed by atoms with van der Waals surface area (Å²) in [4.78, 5) is 0. The Bertz CT molecular complexity index is 139. The molecule has 11 heavy (non-hydrogen) atoms. The molecule has 2 rings (SSSR count). The van der Waals surface area contributed by atoms with Crippen molar-refractivity contribution in [3.63, 3.8) is 0 Å². The molecule has 64 valence electrons. The molecule has 0 heteroatoms. The lowest BCUT2D eigenvalue weighted by atomic mass is 9.78. The van der Waals surface area contributed by atoms with Gasteiger partial charge in [0.2, 0.25) is 0 Å². The average Bonchev–Trinajstić information content (AvgIpc) is 2.30. The van der Waals surface area contributed by atoms with Crippen LogP contribution in [-0.4, -0.2) is 0 Å². The Morgan fingerprint density at radius 2 is 1.73 bits per heavy atom. The molecule has 2 fully saturated rings. The van der Waals surface area contributed by atoms with Gasteiger partial charge >= 0.3 is 0 Å². The third-order valence-electron chi connectivity index (χ3n) is 4.22. The molecule has 0 nitrogen and oxygen atoms in total. The van der Waals surface area contributed by atoms with Crippen LogP contribution in [0.15, 0.2) is 0 Å². The Balaban J connectivity index is 2.05. The van der Waals surface area contributed by atoms with Gasteiger partial charge in [0.05, 0.1) is 0 Å². The standard InChI is InChI=1S/C11H20/c1-8-7-10-5-3-4-6-11(10)9(8)2/h8-11H,3-7H2,1-2H3. The predicted molar refractivity (Wildman–Crippen MR) is 48.4 cm³/mol. The Morgan fingerprint density at radius 1 is 1.00 bits per heavy atom. The number of rotatable bonds is 0. The van der Waals surface area contributed by atoms with E-state index in [1.807, 2.05) is 0 Å². The molecule has 0 heterocycles. The van der Waals surface area contributed by atoms with Crippen molar-refractivity contribution in [2.24, 2.45) is 23.7 Å². The van der Waals surface area contributed by atoms with Crippen molar-refractivity contribution in [1.29, 1.82) is 0 Å². The summed E-state index contributed by atoms with van der Waals surface area (Å²) in [5.41, 5.74) is 0. The number of fused-ring (bicyclic) bond motifs is 1. The molecule has 0 aromatic rings. The summed E-state index contributed by atoms with van der Waals surface area (Å²) in [5, 5.41) is 0. The molecule has 0 aliphatic heterocycles. The summed E-state index contributed by atoms with van der Waals surface area (Å²) >= 11 is 0. The highest BCUT2D eigenvalue weighted by molar-refractivity contribution is 4.88. The molecule has 0 N–H and O–H groups in total. The second-order valence-electron chi connectivity index (χ2n) is 4.78. The molecule has 2 aliphatic rings. The van der Waals surface area contributed by atoms with Gasteiger partial charge in [0, 0.05) is 0 Å². The van der Waals surface area contributed by atoms with E-state index in [0.717, 1.165) is 23.7 Å². The summed E-state index contributed by atoms with van der Waals surface area (Å²) in [6, 6.07) is 0. The minimum atomic E-state index is 1.02. The van der Waals surface area contributed by atoms with Crippen molar-refractivity contribution in [1.82, 2.24) is 0 Å². The summed E-state index contributed by atoms with van der Waals surface area (Å²) in [6.45, 7) is 4.92. The van der Waals surface area contributed by atoms with E-state index in [4.69, 9.17) is 0 Å². The van der Waals surface area contributed by atoms with Crippen LogP contribution in [0.4, 0.5) is 0 Å². The van der Waals surface area contributed by atoms with Gasteiger partial charge in [-0.2, -0.15) is 0 Å². The molecular weight excluding hydrogens is 132 g/mol. The fraction of sp³-hybridized carbons (Fsp3) is 1.00. The monoisotopic (exact) mass is 152 g/mol. The molecule has 4 unspecified atom stereocenters. The van der Waals surface area contributed by atoms with Crippen LogP contribution in [0.2, 0.25) is 0 Å². The van der Waals surface area contributed by atoms with Gasteiger partial charge in [-0.25, -0.2) is 0 Å². The first-order valence-electron chi connectivity index (χ1n) is 5.29. The highest BCUT2D eigenvalue weighted by Crippen LogP contribution is 2.48. The zero-order valence-corrected chi connectivity index (χ0v) is 7.84. The molecular formula is C11H20. The van der Waals surface area contributed by atoms with Crippen LogP contribution in [0.25, 0.3) is 0 Å². The lowest BCUT2D eigenvalue weighted by Gasteiger charge is -2.27. The minimum absolute atomic E-state index is 1.02. The van der Waals surface area contributed by atoms with E-state index in [1.54, 1.807) is 6.42 Å². The molecule has 0 amide bonds. The van der Waals surface area contributed by atoms with Gasteiger partial charge < -0.3 is 0 Å². The SMILES string of the molecule is CC1CC2CCCCC2C1C. The van der Waals surface area contributed by atoms with Gasteiger partial charge in [0.15, 0.2) is 0 Å². The van der Waals surface area contributed by atoms with Crippen molar-refractivity contribution in [3.05, 3.63) is 0 Å². The van der Waals surface area contributed by atoms with Crippen LogP contribution in [-0.2, 0) is 0 Å². The highest BCUT2D eigenvalue weighted by Gasteiger charge is 2.38. The maximum Gasteiger partial charge on any atom is -0.0357 e. The van der Waals surface area contributed by atoms with Gasteiger partial charge in [-0.15, -0.1) is 0 Å². The summed E-state index contributed by atoms with van der Waals surface area (Å²) in [5.74, 6) is 4.27. The fourth-order valence-corrected chi connectivity index (χ4v) is 3.34. The van der Waals surface area contributed by atoms with E-state index in [0.29, 0.717) is 0 Å². The topological polar surface area (TPSA) is 0 Å². The summed E-state index contributed by atoms with van der Waals surface area (Å²) in [6.07, 6.45) is 7.64. The molecule has 0 aromatic heterocycles. The first kappa shape index (κ1) is 7.64. The van der Waals surface area contributed by atoms with Crippen molar-refractivity contribution < 1.29 is 0 Å². The van der Waals surface area contributed by atoms with E-state index >= 15 is 0 Å². The largest absolute Gasteiger partial charge is 0.0622 e. The van der Waals surface area contributed by atoms with Crippen LogP contribution >= 0.6 is 0 Å². The average molecular weight is 152 g/mol. The van der Waals surface area contributed by atoms with Crippen LogP contribution in [0.1, 0.15) is 46.0 Å². The molecule has 2 aliphatic carbocycles. The second kappa shape index (κ2) is 2.80. The van der Waals surface area contributed by atoms with Crippen molar-refractivity contribution in [2.75, 3.05) is 0 Å². The Hall–Kier alpha value is 0. The van der Waals surface area contributed by atoms with Gasteiger partial charge in [-0.3, -0.25) is 0 Å². The second-order valence-corrected chi connectivity index (χ2v) is 4.78. The summed E-state index contributed by atoms with van der Waals surface area (Å²) < 4.78 is 0. The molecule has 4 atom stereocenters. The molecule has 0 aromatic carbocycles. The lowest BCUT2D eigenvalue weighted by molar-refractivity contribution is 0.232. The zero-order valence-electron chi connectivity index (χ0n) is 7.84. The quantitative estimate of drug-likeness (QED) is 0.498. The number of hydrogen-bond donors (Lipinski definition) is 0. The van der Waals surface area contributed by atoms with E-state index in [9.17, 15) is 0 Å². The third-order valence-corrected chi connectivity index (χ3v) is 4.22. The molecule has 0 radical (unpaired) electrons. The van der Waals surface area contributed by atoms with Crippen LogP contribution in [0.5, 0.6) is 0 Å². The van der Waals surface area contributed by atoms with Crippen molar-refractivity contribution in [3.8, 4) is 0 Å². The van der Waals surface area contributed by atoms with Gasteiger partial charge in [-0.1, -0.05) is 33.1 Å². The fourth-order valence-electron chi connectivity index (χ4n) is 3.34. The van der Waals surface area contributed by atoms with Crippen molar-refractivity contribution >= 4 is 0 Å². The van der Waals surface area contributed by atoms with Gasteiger partial charge in [-0.05, 0) is 36.5 Å². The maximum atomic E-state index is 2.47. The summed E-state index contributed by atoms with van der Waals surface area (Å²) in [7, 11) is 0. The van der Waals surface area contributed by atoms with Crippen LogP contribution < -0.4 is 0 Å². The lowest BCUT2D eigenvalue weighted by Crippen LogP contribution is -2.17. The smallest absolute Gasteiger partial charge is 0.0357 e. The van der Waals surface area contributed by atoms with Gasteiger partial charge in [0.25, 0.3) is 0 Å². The van der Waals surface area contributed by atoms with E-state index in [1.165, 1.54) is 25.7 Å². The Labute approximate surface area is 70.4 Å². The van der Waals surface area contributed by atoms with E-state index in [-0.39, 0.29) is 0 Å². The molecule has 0 saturated heterocycles. The maximum absolute atomic E-state index is 2.47. The predicted octanol–water partition coefficient (Wildman–Crippen LogP) is 3.47. The van der Waals surface area contributed by atoms with Crippen LogP contribution in [0.3, 0.4) is 0 Å². The Morgan fingerprint density at radius 3 is 2.45 bits per heavy atom. The normalized spacial score (nSPS) is 50.7. The van der Waals surface area contributed by atoms with Gasteiger partial charge in [0.1, 0.15) is 0 Å². The first-order valence-corrected chi connectivity index (χ1v) is 5.29. The Kier molecular flexibility index (Phi) is 1.95.